The summed E-state index contributed by atoms with van der Waals surface area (Å²) in [6.07, 6.45) is 3.67. The highest BCUT2D eigenvalue weighted by molar-refractivity contribution is 6.30. The lowest BCUT2D eigenvalue weighted by atomic mass is 10.0. The molecule has 1 amide bonds. The number of rotatable bonds is 6. The van der Waals surface area contributed by atoms with Crippen LogP contribution in [0, 0.1) is 0 Å². The average molecular weight is 348 g/mol. The highest BCUT2D eigenvalue weighted by Gasteiger charge is 2.31. The smallest absolute Gasteiger partial charge is 0.307 e. The third kappa shape index (κ3) is 3.76. The van der Waals surface area contributed by atoms with Gasteiger partial charge in [0.15, 0.2) is 0 Å². The Balaban J connectivity index is 1.81. The second kappa shape index (κ2) is 7.05. The van der Waals surface area contributed by atoms with Crippen molar-refractivity contribution in [2.45, 2.75) is 31.2 Å². The van der Waals surface area contributed by atoms with Crippen LogP contribution in [0.3, 0.4) is 0 Å². The molecule has 7 heteroatoms. The molecule has 1 unspecified atom stereocenters. The van der Waals surface area contributed by atoms with E-state index in [4.69, 9.17) is 16.3 Å². The number of ether oxygens (including phenoxy) is 1. The number of amides is 1. The Kier molecular flexibility index (Phi) is 4.85. The maximum Gasteiger partial charge on any atom is 0.307 e. The molecule has 2 N–H and O–H groups in total. The third-order valence-corrected chi connectivity index (χ3v) is 4.29. The summed E-state index contributed by atoms with van der Waals surface area (Å²) in [7, 11) is 1.32. The molecule has 0 bridgehead atoms. The van der Waals surface area contributed by atoms with Gasteiger partial charge < -0.3 is 10.1 Å². The molecule has 0 saturated heterocycles. The van der Waals surface area contributed by atoms with Crippen molar-refractivity contribution in [3.63, 3.8) is 0 Å². The summed E-state index contributed by atoms with van der Waals surface area (Å²) in [6.45, 7) is 0. The van der Waals surface area contributed by atoms with E-state index >= 15 is 0 Å². The maximum atomic E-state index is 12.6. The summed E-state index contributed by atoms with van der Waals surface area (Å²) < 4.78 is 4.73. The highest BCUT2D eigenvalue weighted by atomic mass is 35.5. The molecule has 1 saturated carbocycles. The first kappa shape index (κ1) is 16.5. The van der Waals surface area contributed by atoms with Crippen LogP contribution in [-0.4, -0.2) is 29.2 Å². The van der Waals surface area contributed by atoms with Crippen molar-refractivity contribution in [2.24, 2.45) is 0 Å². The minimum absolute atomic E-state index is 0.0270. The standard InChI is InChI=1S/C17H18ClN3O3/c1-24-15(22)8-14(11-3-2-4-12(18)7-11)20-17(23)13-9-19-21-16(13)10-5-6-10/h2-4,7,9-10,14H,5-6,8H2,1H3,(H,19,21)(H,20,23). The number of H-pyrrole nitrogens is 1. The van der Waals surface area contributed by atoms with Crippen LogP contribution in [0.1, 0.15) is 52.8 Å². The van der Waals surface area contributed by atoms with E-state index < -0.39 is 12.0 Å². The van der Waals surface area contributed by atoms with Gasteiger partial charge in [0.2, 0.25) is 0 Å². The van der Waals surface area contributed by atoms with Gasteiger partial charge in [-0.2, -0.15) is 5.10 Å². The van der Waals surface area contributed by atoms with E-state index in [-0.39, 0.29) is 12.3 Å². The Morgan fingerprint density at radius 3 is 2.92 bits per heavy atom. The highest BCUT2D eigenvalue weighted by Crippen LogP contribution is 2.40. The predicted octanol–water partition coefficient (Wildman–Crippen LogP) is 2.97. The van der Waals surface area contributed by atoms with E-state index in [1.165, 1.54) is 13.3 Å². The Labute approximate surface area is 144 Å². The molecular weight excluding hydrogens is 330 g/mol. The van der Waals surface area contributed by atoms with Crippen LogP contribution in [0.5, 0.6) is 0 Å². The van der Waals surface area contributed by atoms with Crippen molar-refractivity contribution in [2.75, 3.05) is 7.11 Å². The van der Waals surface area contributed by atoms with Gasteiger partial charge in [-0.05, 0) is 30.5 Å². The first-order valence-electron chi connectivity index (χ1n) is 7.75. The van der Waals surface area contributed by atoms with Crippen LogP contribution >= 0.6 is 11.6 Å². The minimum atomic E-state index is -0.523. The van der Waals surface area contributed by atoms with Crippen LogP contribution in [0.2, 0.25) is 5.02 Å². The molecule has 0 aliphatic heterocycles. The van der Waals surface area contributed by atoms with Crippen molar-refractivity contribution >= 4 is 23.5 Å². The summed E-state index contributed by atoms with van der Waals surface area (Å²) in [5.41, 5.74) is 2.13. The van der Waals surface area contributed by atoms with Gasteiger partial charge >= 0.3 is 5.97 Å². The summed E-state index contributed by atoms with van der Waals surface area (Å²) in [5.74, 6) is -0.298. The molecule has 24 heavy (non-hydrogen) atoms. The minimum Gasteiger partial charge on any atom is -0.469 e. The van der Waals surface area contributed by atoms with Crippen molar-refractivity contribution in [3.8, 4) is 0 Å². The summed E-state index contributed by atoms with van der Waals surface area (Å²) in [5, 5.41) is 10.3. The molecule has 2 aromatic rings. The van der Waals surface area contributed by atoms with Crippen molar-refractivity contribution in [1.29, 1.82) is 0 Å². The number of esters is 1. The first-order chi connectivity index (χ1) is 11.6. The molecule has 1 fully saturated rings. The number of benzene rings is 1. The monoisotopic (exact) mass is 347 g/mol. The molecule has 1 aromatic carbocycles. The second-order valence-corrected chi connectivity index (χ2v) is 6.27. The van der Waals surface area contributed by atoms with Gasteiger partial charge in [-0.1, -0.05) is 23.7 Å². The molecule has 1 aliphatic rings. The summed E-state index contributed by atoms with van der Waals surface area (Å²) >= 11 is 6.03. The molecule has 0 radical (unpaired) electrons. The first-order valence-corrected chi connectivity index (χ1v) is 8.12. The quantitative estimate of drug-likeness (QED) is 0.787. The fourth-order valence-electron chi connectivity index (χ4n) is 2.62. The molecule has 126 valence electrons. The Morgan fingerprint density at radius 1 is 1.46 bits per heavy atom. The summed E-state index contributed by atoms with van der Waals surface area (Å²) in [4.78, 5) is 24.3. The number of hydrogen-bond donors (Lipinski definition) is 2. The number of methoxy groups -OCH3 is 1. The summed E-state index contributed by atoms with van der Waals surface area (Å²) in [6, 6.07) is 6.54. The van der Waals surface area contributed by atoms with E-state index in [9.17, 15) is 9.59 Å². The zero-order valence-corrected chi connectivity index (χ0v) is 14.0. The molecule has 0 spiro atoms. The molecule has 1 heterocycles. The van der Waals surface area contributed by atoms with Gasteiger partial charge in [0, 0.05) is 10.9 Å². The van der Waals surface area contributed by atoms with Gasteiger partial charge in [-0.3, -0.25) is 14.7 Å². The van der Waals surface area contributed by atoms with E-state index in [1.54, 1.807) is 18.2 Å². The topological polar surface area (TPSA) is 84.1 Å². The molecule has 1 aromatic heterocycles. The lowest BCUT2D eigenvalue weighted by molar-refractivity contribution is -0.141. The molecular formula is C17H18ClN3O3. The lowest BCUT2D eigenvalue weighted by Gasteiger charge is -2.18. The number of carbonyl (C=O) groups is 2. The van der Waals surface area contributed by atoms with E-state index in [0.717, 1.165) is 24.1 Å². The number of aromatic nitrogens is 2. The fraction of sp³-hybridized carbons (Fsp3) is 0.353. The van der Waals surface area contributed by atoms with Gasteiger partial charge in [-0.25, -0.2) is 0 Å². The van der Waals surface area contributed by atoms with Crippen LogP contribution in [0.25, 0.3) is 0 Å². The fourth-order valence-corrected chi connectivity index (χ4v) is 2.82. The molecule has 1 aliphatic carbocycles. The van der Waals surface area contributed by atoms with Crippen LogP contribution in [0.15, 0.2) is 30.5 Å². The number of nitrogens with zero attached hydrogens (tertiary/aromatic N) is 1. The number of carbonyl (C=O) groups excluding carboxylic acids is 2. The van der Waals surface area contributed by atoms with Crippen molar-refractivity contribution < 1.29 is 14.3 Å². The SMILES string of the molecule is COC(=O)CC(NC(=O)c1cn[nH]c1C1CC1)c1cccc(Cl)c1. The number of nitrogens with one attached hydrogen (secondary N) is 2. The zero-order chi connectivity index (χ0) is 17.1. The van der Waals surface area contributed by atoms with Gasteiger partial charge in [-0.15, -0.1) is 0 Å². The largest absolute Gasteiger partial charge is 0.469 e. The molecule has 6 nitrogen and oxygen atoms in total. The second-order valence-electron chi connectivity index (χ2n) is 5.83. The van der Waals surface area contributed by atoms with E-state index in [2.05, 4.69) is 15.5 Å². The van der Waals surface area contributed by atoms with Crippen LogP contribution in [0.4, 0.5) is 0 Å². The van der Waals surface area contributed by atoms with Crippen molar-refractivity contribution in [1.82, 2.24) is 15.5 Å². The van der Waals surface area contributed by atoms with E-state index in [1.807, 2.05) is 6.07 Å². The Morgan fingerprint density at radius 2 is 2.25 bits per heavy atom. The van der Waals surface area contributed by atoms with Gasteiger partial charge in [0.25, 0.3) is 5.91 Å². The average Bonchev–Trinajstić information content (AvgIpc) is 3.30. The zero-order valence-electron chi connectivity index (χ0n) is 13.2. The third-order valence-electron chi connectivity index (χ3n) is 4.05. The molecule has 3 rings (SSSR count). The normalized spacial score (nSPS) is 14.9. The maximum absolute atomic E-state index is 12.6. The number of aromatic amines is 1. The van der Waals surface area contributed by atoms with Gasteiger partial charge in [0.05, 0.1) is 37.0 Å². The van der Waals surface area contributed by atoms with Crippen LogP contribution in [-0.2, 0) is 9.53 Å². The van der Waals surface area contributed by atoms with Crippen LogP contribution < -0.4 is 5.32 Å². The van der Waals surface area contributed by atoms with Crippen molar-refractivity contribution in [3.05, 3.63) is 52.3 Å². The Bertz CT molecular complexity index is 755. The molecule has 1 atom stereocenters. The van der Waals surface area contributed by atoms with Gasteiger partial charge in [0.1, 0.15) is 0 Å². The number of hydrogen-bond acceptors (Lipinski definition) is 4. The number of halogens is 1. The Hall–Kier alpha value is -2.34. The van der Waals surface area contributed by atoms with E-state index in [0.29, 0.717) is 16.5 Å². The lowest BCUT2D eigenvalue weighted by Crippen LogP contribution is -2.30. The predicted molar refractivity (Wildman–Crippen MR) is 88.9 cm³/mol.